The standard InChI is InChI=1S/C13H22N2O2S/c1-5-9(4)10(16)6-14-12(17)11-7-15-13(18-11)8(2)3/h7-10,16H,5-6H2,1-4H3,(H,14,17). The lowest BCUT2D eigenvalue weighted by molar-refractivity contribution is 0.0853. The highest BCUT2D eigenvalue weighted by atomic mass is 32.1. The largest absolute Gasteiger partial charge is 0.391 e. The summed E-state index contributed by atoms with van der Waals surface area (Å²) in [5.74, 6) is 0.377. The molecule has 2 N–H and O–H groups in total. The van der Waals surface area contributed by atoms with Gasteiger partial charge in [-0.2, -0.15) is 0 Å². The van der Waals surface area contributed by atoms with E-state index in [2.05, 4.69) is 10.3 Å². The lowest BCUT2D eigenvalue weighted by atomic mass is 10.0. The van der Waals surface area contributed by atoms with Crippen molar-refractivity contribution in [1.29, 1.82) is 0 Å². The highest BCUT2D eigenvalue weighted by Crippen LogP contribution is 2.20. The first kappa shape index (κ1) is 15.1. The van der Waals surface area contributed by atoms with Crippen molar-refractivity contribution in [2.24, 2.45) is 5.92 Å². The summed E-state index contributed by atoms with van der Waals surface area (Å²) >= 11 is 1.41. The Kier molecular flexibility index (Phi) is 5.75. The van der Waals surface area contributed by atoms with Gasteiger partial charge in [-0.1, -0.05) is 34.1 Å². The third-order valence-electron chi connectivity index (χ3n) is 3.01. The molecule has 0 aliphatic carbocycles. The van der Waals surface area contributed by atoms with Crippen molar-refractivity contribution in [3.63, 3.8) is 0 Å². The van der Waals surface area contributed by atoms with Crippen LogP contribution >= 0.6 is 11.3 Å². The molecular formula is C13H22N2O2S. The number of amides is 1. The maximum absolute atomic E-state index is 11.8. The molecule has 1 aromatic rings. The molecule has 1 rings (SSSR count). The number of rotatable bonds is 6. The van der Waals surface area contributed by atoms with Crippen molar-refractivity contribution in [2.75, 3.05) is 6.54 Å². The number of carbonyl (C=O) groups is 1. The third-order valence-corrected chi connectivity index (χ3v) is 4.31. The Balaban J connectivity index is 2.50. The monoisotopic (exact) mass is 270 g/mol. The smallest absolute Gasteiger partial charge is 0.263 e. The fraction of sp³-hybridized carbons (Fsp3) is 0.692. The predicted molar refractivity (Wildman–Crippen MR) is 74.0 cm³/mol. The number of aliphatic hydroxyl groups is 1. The molecule has 102 valence electrons. The molecule has 1 aromatic heterocycles. The average molecular weight is 270 g/mol. The van der Waals surface area contributed by atoms with Crippen LogP contribution in [0.3, 0.4) is 0 Å². The second-order valence-electron chi connectivity index (χ2n) is 4.88. The van der Waals surface area contributed by atoms with E-state index in [1.54, 1.807) is 6.20 Å². The molecule has 4 nitrogen and oxygen atoms in total. The van der Waals surface area contributed by atoms with Gasteiger partial charge in [-0.25, -0.2) is 4.98 Å². The summed E-state index contributed by atoms with van der Waals surface area (Å²) in [7, 11) is 0. The first-order valence-electron chi connectivity index (χ1n) is 6.37. The highest BCUT2D eigenvalue weighted by Gasteiger charge is 2.16. The van der Waals surface area contributed by atoms with Crippen molar-refractivity contribution < 1.29 is 9.90 Å². The van der Waals surface area contributed by atoms with E-state index in [0.29, 0.717) is 17.3 Å². The van der Waals surface area contributed by atoms with E-state index in [1.165, 1.54) is 11.3 Å². The molecule has 0 aromatic carbocycles. The van der Waals surface area contributed by atoms with Crippen LogP contribution in [0.2, 0.25) is 0 Å². The van der Waals surface area contributed by atoms with Gasteiger partial charge in [-0.05, 0) is 5.92 Å². The third kappa shape index (κ3) is 4.07. The zero-order valence-electron chi connectivity index (χ0n) is 11.4. The molecule has 0 fully saturated rings. The molecule has 0 saturated carbocycles. The van der Waals surface area contributed by atoms with Gasteiger partial charge in [0.2, 0.25) is 0 Å². The topological polar surface area (TPSA) is 62.2 Å². The number of aliphatic hydroxyl groups excluding tert-OH is 1. The minimum atomic E-state index is -0.489. The molecule has 0 aliphatic rings. The van der Waals surface area contributed by atoms with Crippen LogP contribution in [-0.2, 0) is 0 Å². The number of thiazole rings is 1. The van der Waals surface area contributed by atoms with Crippen LogP contribution in [0.1, 0.15) is 54.7 Å². The molecule has 2 unspecified atom stereocenters. The lowest BCUT2D eigenvalue weighted by Crippen LogP contribution is -2.35. The van der Waals surface area contributed by atoms with Crippen LogP contribution in [0.25, 0.3) is 0 Å². The van der Waals surface area contributed by atoms with E-state index >= 15 is 0 Å². The number of aromatic nitrogens is 1. The lowest BCUT2D eigenvalue weighted by Gasteiger charge is -2.17. The molecule has 2 atom stereocenters. The molecule has 18 heavy (non-hydrogen) atoms. The van der Waals surface area contributed by atoms with E-state index in [0.717, 1.165) is 11.4 Å². The van der Waals surface area contributed by atoms with Crippen molar-refractivity contribution in [2.45, 2.75) is 46.1 Å². The van der Waals surface area contributed by atoms with Gasteiger partial charge < -0.3 is 10.4 Å². The van der Waals surface area contributed by atoms with Gasteiger partial charge in [0.1, 0.15) is 4.88 Å². The molecule has 0 saturated heterocycles. The Bertz CT molecular complexity index is 390. The van der Waals surface area contributed by atoms with Gasteiger partial charge in [0.25, 0.3) is 5.91 Å². The summed E-state index contributed by atoms with van der Waals surface area (Å²) in [6.07, 6.45) is 2.01. The fourth-order valence-electron chi connectivity index (χ4n) is 1.42. The van der Waals surface area contributed by atoms with Gasteiger partial charge in [0.15, 0.2) is 0 Å². The Morgan fingerprint density at radius 2 is 2.17 bits per heavy atom. The summed E-state index contributed by atoms with van der Waals surface area (Å²) < 4.78 is 0. The quantitative estimate of drug-likeness (QED) is 0.834. The zero-order valence-corrected chi connectivity index (χ0v) is 12.3. The van der Waals surface area contributed by atoms with E-state index in [9.17, 15) is 9.90 Å². The number of carbonyl (C=O) groups excluding carboxylic acids is 1. The second kappa shape index (κ2) is 6.85. The Labute approximate surface area is 112 Å². The normalized spacial score (nSPS) is 14.6. The van der Waals surface area contributed by atoms with E-state index < -0.39 is 6.10 Å². The maximum atomic E-state index is 11.8. The predicted octanol–water partition coefficient (Wildman–Crippen LogP) is 2.40. The first-order valence-corrected chi connectivity index (χ1v) is 7.19. The average Bonchev–Trinajstić information content (AvgIpc) is 2.84. The van der Waals surface area contributed by atoms with E-state index in [1.807, 2.05) is 27.7 Å². The van der Waals surface area contributed by atoms with Gasteiger partial charge in [0.05, 0.1) is 17.3 Å². The van der Waals surface area contributed by atoms with Crippen LogP contribution in [0.5, 0.6) is 0 Å². The van der Waals surface area contributed by atoms with Crippen molar-refractivity contribution in [1.82, 2.24) is 10.3 Å². The Hall–Kier alpha value is -0.940. The highest BCUT2D eigenvalue weighted by molar-refractivity contribution is 7.13. The summed E-state index contributed by atoms with van der Waals surface area (Å²) in [5.41, 5.74) is 0. The van der Waals surface area contributed by atoms with Gasteiger partial charge in [-0.3, -0.25) is 4.79 Å². The maximum Gasteiger partial charge on any atom is 0.263 e. The SMILES string of the molecule is CCC(C)C(O)CNC(=O)c1cnc(C(C)C)s1. The Morgan fingerprint density at radius 1 is 1.50 bits per heavy atom. The minimum absolute atomic E-state index is 0.151. The Morgan fingerprint density at radius 3 is 2.67 bits per heavy atom. The zero-order chi connectivity index (χ0) is 13.7. The van der Waals surface area contributed by atoms with Gasteiger partial charge in [0, 0.05) is 12.5 Å². The fourth-order valence-corrected chi connectivity index (χ4v) is 2.25. The molecule has 5 heteroatoms. The van der Waals surface area contributed by atoms with Gasteiger partial charge in [-0.15, -0.1) is 11.3 Å². The molecule has 0 radical (unpaired) electrons. The summed E-state index contributed by atoms with van der Waals surface area (Å²) in [4.78, 5) is 16.7. The second-order valence-corrected chi connectivity index (χ2v) is 5.94. The molecule has 0 spiro atoms. The summed E-state index contributed by atoms with van der Waals surface area (Å²) in [5, 5.41) is 13.5. The van der Waals surface area contributed by atoms with Crippen LogP contribution in [0.15, 0.2) is 6.20 Å². The minimum Gasteiger partial charge on any atom is -0.391 e. The van der Waals surface area contributed by atoms with Crippen LogP contribution in [0, 0.1) is 5.92 Å². The molecule has 1 heterocycles. The number of hydrogen-bond acceptors (Lipinski definition) is 4. The van der Waals surface area contributed by atoms with Crippen molar-refractivity contribution in [3.8, 4) is 0 Å². The van der Waals surface area contributed by atoms with Crippen molar-refractivity contribution >= 4 is 17.2 Å². The molecule has 1 amide bonds. The number of nitrogens with zero attached hydrogens (tertiary/aromatic N) is 1. The van der Waals surface area contributed by atoms with Crippen molar-refractivity contribution in [3.05, 3.63) is 16.1 Å². The van der Waals surface area contributed by atoms with Crippen LogP contribution in [-0.4, -0.2) is 28.6 Å². The van der Waals surface area contributed by atoms with E-state index in [4.69, 9.17) is 0 Å². The summed E-state index contributed by atoms with van der Waals surface area (Å²) in [6.45, 7) is 8.39. The molecule has 0 bridgehead atoms. The van der Waals surface area contributed by atoms with E-state index in [-0.39, 0.29) is 11.8 Å². The first-order chi connectivity index (χ1) is 8.45. The van der Waals surface area contributed by atoms with Gasteiger partial charge >= 0.3 is 0 Å². The summed E-state index contributed by atoms with van der Waals surface area (Å²) in [6, 6.07) is 0. The molecule has 0 aliphatic heterocycles. The number of nitrogens with one attached hydrogen (secondary N) is 1. The number of hydrogen-bond donors (Lipinski definition) is 2. The van der Waals surface area contributed by atoms with Crippen LogP contribution < -0.4 is 5.32 Å². The van der Waals surface area contributed by atoms with Crippen LogP contribution in [0.4, 0.5) is 0 Å². The molecular weight excluding hydrogens is 248 g/mol.